The van der Waals surface area contributed by atoms with Gasteiger partial charge in [-0.05, 0) is 32.6 Å². The van der Waals surface area contributed by atoms with Crippen molar-refractivity contribution in [1.82, 2.24) is 0 Å². The van der Waals surface area contributed by atoms with E-state index in [4.69, 9.17) is 35.3 Å². The zero-order chi connectivity index (χ0) is 27.5. The van der Waals surface area contributed by atoms with Crippen molar-refractivity contribution in [2.75, 3.05) is 6.61 Å². The fraction of sp³-hybridized carbons (Fsp3) is 0.769. The number of rotatable bonds is 3. The summed E-state index contributed by atoms with van der Waals surface area (Å²) in [6, 6.07) is 0. The highest BCUT2D eigenvalue weighted by molar-refractivity contribution is 6.23. The number of carbonyl (C=O) groups excluding carboxylic acids is 4. The Kier molecular flexibility index (Phi) is 7.18. The van der Waals surface area contributed by atoms with Gasteiger partial charge in [0.1, 0.15) is 18.3 Å². The Bertz CT molecular complexity index is 1010. The van der Waals surface area contributed by atoms with Crippen molar-refractivity contribution in [3.05, 3.63) is 12.2 Å². The number of alkyl halides is 1. The Labute approximate surface area is 220 Å². The molecule has 0 aromatic heterocycles. The van der Waals surface area contributed by atoms with Crippen LogP contribution in [-0.4, -0.2) is 76.6 Å². The predicted molar refractivity (Wildman–Crippen MR) is 128 cm³/mol. The van der Waals surface area contributed by atoms with Crippen molar-refractivity contribution < 1.29 is 48.0 Å². The maximum atomic E-state index is 12.9. The quantitative estimate of drug-likeness (QED) is 0.186. The van der Waals surface area contributed by atoms with Crippen LogP contribution in [0.25, 0.3) is 0 Å². The van der Waals surface area contributed by atoms with Gasteiger partial charge in [-0.25, -0.2) is 0 Å². The van der Waals surface area contributed by atoms with Crippen LogP contribution in [0.1, 0.15) is 60.3 Å². The van der Waals surface area contributed by atoms with Gasteiger partial charge in [-0.15, -0.1) is 11.6 Å². The molecule has 2 aliphatic heterocycles. The van der Waals surface area contributed by atoms with E-state index in [1.165, 1.54) is 27.7 Å². The molecule has 10 atom stereocenters. The van der Waals surface area contributed by atoms with E-state index < -0.39 is 82.1 Å². The summed E-state index contributed by atoms with van der Waals surface area (Å²) in [5.41, 5.74) is -3.71. The number of fused-ring (bicyclic) bond motifs is 3. The smallest absolute Gasteiger partial charge is 0.312 e. The van der Waals surface area contributed by atoms with E-state index in [0.717, 1.165) is 0 Å². The van der Waals surface area contributed by atoms with E-state index >= 15 is 0 Å². The first kappa shape index (κ1) is 27.9. The lowest BCUT2D eigenvalue weighted by Crippen LogP contribution is -2.70. The van der Waals surface area contributed by atoms with E-state index in [-0.39, 0.29) is 19.4 Å². The molecule has 0 radical (unpaired) electrons. The molecule has 0 amide bonds. The zero-order valence-electron chi connectivity index (χ0n) is 21.8. The van der Waals surface area contributed by atoms with Gasteiger partial charge in [-0.1, -0.05) is 19.1 Å². The molecule has 4 rings (SSSR count). The molecule has 0 aromatic carbocycles. The van der Waals surface area contributed by atoms with Crippen LogP contribution in [0.5, 0.6) is 0 Å². The largest absolute Gasteiger partial charge is 0.462 e. The third-order valence-corrected chi connectivity index (χ3v) is 9.30. The van der Waals surface area contributed by atoms with E-state index in [0.29, 0.717) is 18.4 Å². The van der Waals surface area contributed by atoms with E-state index in [1.807, 2.05) is 0 Å². The maximum Gasteiger partial charge on any atom is 0.312 e. The van der Waals surface area contributed by atoms with Crippen LogP contribution in [0.3, 0.4) is 0 Å². The number of carbonyl (C=O) groups is 4. The second-order valence-corrected chi connectivity index (χ2v) is 11.5. The van der Waals surface area contributed by atoms with Gasteiger partial charge >= 0.3 is 23.9 Å². The van der Waals surface area contributed by atoms with Crippen LogP contribution in [0.15, 0.2) is 12.2 Å². The Morgan fingerprint density at radius 2 is 1.59 bits per heavy atom. The van der Waals surface area contributed by atoms with Gasteiger partial charge in [0, 0.05) is 26.7 Å². The molecule has 10 nitrogen and oxygen atoms in total. The first-order chi connectivity index (χ1) is 17.2. The molecule has 1 spiro atoms. The minimum atomic E-state index is -2.08. The second-order valence-electron chi connectivity index (χ2n) is 11.0. The Morgan fingerprint density at radius 1 is 1.05 bits per heavy atom. The number of hydrogen-bond donors (Lipinski definition) is 1. The average molecular weight is 543 g/mol. The van der Waals surface area contributed by atoms with Gasteiger partial charge in [0.25, 0.3) is 0 Å². The third-order valence-electron chi connectivity index (χ3n) is 8.77. The number of hydrogen-bond acceptors (Lipinski definition) is 10. The van der Waals surface area contributed by atoms with Gasteiger partial charge in [0.2, 0.25) is 0 Å². The van der Waals surface area contributed by atoms with Crippen LogP contribution in [0.4, 0.5) is 0 Å². The van der Waals surface area contributed by atoms with Gasteiger partial charge in [0.05, 0.1) is 28.9 Å². The van der Waals surface area contributed by atoms with E-state index in [9.17, 15) is 24.3 Å². The van der Waals surface area contributed by atoms with Gasteiger partial charge in [-0.2, -0.15) is 0 Å². The minimum absolute atomic E-state index is 0.254. The summed E-state index contributed by atoms with van der Waals surface area (Å²) in [7, 11) is 0. The van der Waals surface area contributed by atoms with Crippen molar-refractivity contribution in [2.45, 2.75) is 101 Å². The summed E-state index contributed by atoms with van der Waals surface area (Å²) in [4.78, 5) is 50.0. The zero-order valence-corrected chi connectivity index (χ0v) is 22.5. The summed E-state index contributed by atoms with van der Waals surface area (Å²) < 4.78 is 29.2. The topological polar surface area (TPSA) is 138 Å². The SMILES string of the molecule is C=C1CC[C@H](OC(C)=O)[C@@]2(C)[C@@H](OC(C)=O)CC[C@@]3(CO3)[C@@H]2C(OC(C)=O)[C@@]2(O)[C@@H](C)C(=O)O[C@H]2[C@H]1Cl. The molecule has 206 valence electrons. The summed E-state index contributed by atoms with van der Waals surface area (Å²) in [6.45, 7) is 11.4. The van der Waals surface area contributed by atoms with Gasteiger partial charge in [0.15, 0.2) is 11.7 Å². The average Bonchev–Trinajstić information content (AvgIpc) is 3.53. The molecule has 1 unspecified atom stereocenters. The molecular weight excluding hydrogens is 508 g/mol. The van der Waals surface area contributed by atoms with Crippen LogP contribution in [0.2, 0.25) is 0 Å². The fourth-order valence-electron chi connectivity index (χ4n) is 6.85. The predicted octanol–water partition coefficient (Wildman–Crippen LogP) is 2.22. The van der Waals surface area contributed by atoms with E-state index in [2.05, 4.69) is 6.58 Å². The van der Waals surface area contributed by atoms with Crippen LogP contribution < -0.4 is 0 Å². The molecule has 0 bridgehead atoms. The number of epoxide rings is 1. The summed E-state index contributed by atoms with van der Waals surface area (Å²) >= 11 is 6.75. The normalized spacial score (nSPS) is 45.2. The number of ether oxygens (including phenoxy) is 5. The molecule has 2 heterocycles. The Balaban J connectivity index is 2.00. The molecular formula is C26H35ClO10. The summed E-state index contributed by atoms with van der Waals surface area (Å²) in [5, 5.41) is 11.4. The first-order valence-corrected chi connectivity index (χ1v) is 13.0. The number of halogens is 1. The molecule has 2 saturated carbocycles. The Hall–Kier alpha value is -2.17. The van der Waals surface area contributed by atoms with Crippen LogP contribution >= 0.6 is 11.6 Å². The molecule has 2 aliphatic carbocycles. The highest BCUT2D eigenvalue weighted by Crippen LogP contribution is 2.62. The molecule has 4 fully saturated rings. The van der Waals surface area contributed by atoms with Crippen LogP contribution in [0, 0.1) is 17.3 Å². The summed E-state index contributed by atoms with van der Waals surface area (Å²) in [6.07, 6.45) is -2.94. The molecule has 1 N–H and O–H groups in total. The molecule has 2 saturated heterocycles. The second kappa shape index (κ2) is 9.54. The number of esters is 4. The van der Waals surface area contributed by atoms with Gasteiger partial charge in [-0.3, -0.25) is 19.2 Å². The first-order valence-electron chi connectivity index (χ1n) is 12.6. The van der Waals surface area contributed by atoms with Crippen LogP contribution in [-0.2, 0) is 42.9 Å². The van der Waals surface area contributed by atoms with Crippen molar-refractivity contribution >= 4 is 35.5 Å². The molecule has 0 aromatic rings. The van der Waals surface area contributed by atoms with Crippen molar-refractivity contribution in [3.63, 3.8) is 0 Å². The molecule has 11 heteroatoms. The summed E-state index contributed by atoms with van der Waals surface area (Å²) in [5.74, 6) is -4.47. The monoisotopic (exact) mass is 542 g/mol. The molecule has 37 heavy (non-hydrogen) atoms. The minimum Gasteiger partial charge on any atom is -0.462 e. The fourth-order valence-corrected chi connectivity index (χ4v) is 7.22. The third kappa shape index (κ3) is 4.44. The van der Waals surface area contributed by atoms with Crippen molar-refractivity contribution in [2.24, 2.45) is 17.3 Å². The lowest BCUT2D eigenvalue weighted by atomic mass is 9.52. The van der Waals surface area contributed by atoms with Crippen molar-refractivity contribution in [1.29, 1.82) is 0 Å². The lowest BCUT2D eigenvalue weighted by Gasteiger charge is -2.57. The Morgan fingerprint density at radius 3 is 2.11 bits per heavy atom. The lowest BCUT2D eigenvalue weighted by molar-refractivity contribution is -0.244. The van der Waals surface area contributed by atoms with Crippen molar-refractivity contribution in [3.8, 4) is 0 Å². The maximum absolute atomic E-state index is 12.9. The highest BCUT2D eigenvalue weighted by Gasteiger charge is 2.75. The van der Waals surface area contributed by atoms with Gasteiger partial charge < -0.3 is 28.8 Å². The molecule has 4 aliphatic rings. The highest BCUT2D eigenvalue weighted by atomic mass is 35.5. The van der Waals surface area contributed by atoms with E-state index in [1.54, 1.807) is 6.92 Å². The standard InChI is InChI=1S/C26H35ClO10/c1-12-7-8-17(34-14(3)28)24(6)18(35-15(4)29)9-10-25(11-33-25)20(24)22(36-16(5)30)26(32)13(2)23(31)37-21(26)19(12)27/h13,17-22,32H,1,7-11H2,2-6H3/t13-,17-,18-,19-,20+,21-,22?,24-,25+,26+/m0/s1. The number of aliphatic hydroxyl groups is 1.